The van der Waals surface area contributed by atoms with E-state index in [0.29, 0.717) is 6.54 Å². The van der Waals surface area contributed by atoms with Crippen LogP contribution in [0.4, 0.5) is 0 Å². The van der Waals surface area contributed by atoms with Crippen LogP contribution in [0.3, 0.4) is 0 Å². The largest absolute Gasteiger partial charge is 0.388 e. The summed E-state index contributed by atoms with van der Waals surface area (Å²) in [6, 6.07) is -0.0428. The number of carbonyl (C=O) groups is 1. The van der Waals surface area contributed by atoms with Crippen LogP contribution in [0.2, 0.25) is 0 Å². The number of hydrogen-bond donors (Lipinski definition) is 3. The third-order valence-corrected chi connectivity index (χ3v) is 3.75. The quantitative estimate of drug-likeness (QED) is 0.658. The maximum Gasteiger partial charge on any atom is 0.237 e. The molecule has 2 fully saturated rings. The van der Waals surface area contributed by atoms with Crippen molar-refractivity contribution in [2.75, 3.05) is 13.1 Å². The summed E-state index contributed by atoms with van der Waals surface area (Å²) in [5.41, 5.74) is -0.635. The van der Waals surface area contributed by atoms with Gasteiger partial charge < -0.3 is 15.7 Å². The van der Waals surface area contributed by atoms with Crippen LogP contribution in [0.5, 0.6) is 0 Å². The van der Waals surface area contributed by atoms with Crippen molar-refractivity contribution in [3.8, 4) is 0 Å². The molecule has 16 heavy (non-hydrogen) atoms. The van der Waals surface area contributed by atoms with Gasteiger partial charge in [-0.15, -0.1) is 0 Å². The fourth-order valence-corrected chi connectivity index (χ4v) is 2.66. The van der Waals surface area contributed by atoms with Crippen LogP contribution in [0, 0.1) is 0 Å². The number of rotatable bonds is 3. The summed E-state index contributed by atoms with van der Waals surface area (Å²) in [7, 11) is 0. The van der Waals surface area contributed by atoms with E-state index in [2.05, 4.69) is 10.6 Å². The molecule has 1 amide bonds. The molecule has 1 saturated heterocycles. The number of hydrogen-bond acceptors (Lipinski definition) is 3. The lowest BCUT2D eigenvalue weighted by molar-refractivity contribution is -0.124. The van der Waals surface area contributed by atoms with Crippen molar-refractivity contribution in [1.29, 1.82) is 0 Å². The maximum absolute atomic E-state index is 11.8. The van der Waals surface area contributed by atoms with E-state index in [1.54, 1.807) is 0 Å². The van der Waals surface area contributed by atoms with Gasteiger partial charge in [0.25, 0.3) is 0 Å². The molecule has 2 aliphatic rings. The third kappa shape index (κ3) is 2.95. The van der Waals surface area contributed by atoms with Crippen LogP contribution in [0.1, 0.15) is 44.9 Å². The molecule has 2 rings (SSSR count). The normalized spacial score (nSPS) is 28.9. The molecule has 1 atom stereocenters. The van der Waals surface area contributed by atoms with Gasteiger partial charge in [0, 0.05) is 6.54 Å². The Bertz CT molecular complexity index is 243. The second-order valence-corrected chi connectivity index (χ2v) is 5.15. The van der Waals surface area contributed by atoms with Gasteiger partial charge in [-0.2, -0.15) is 0 Å². The molecule has 0 aromatic carbocycles. The second kappa shape index (κ2) is 5.15. The molecule has 0 radical (unpaired) electrons. The number of amides is 1. The lowest BCUT2D eigenvalue weighted by atomic mass is 10.0. The van der Waals surface area contributed by atoms with E-state index >= 15 is 0 Å². The number of aliphatic hydroxyl groups is 1. The summed E-state index contributed by atoms with van der Waals surface area (Å²) < 4.78 is 0. The summed E-state index contributed by atoms with van der Waals surface area (Å²) >= 11 is 0. The fourth-order valence-electron chi connectivity index (χ4n) is 2.66. The molecule has 4 heteroatoms. The van der Waals surface area contributed by atoms with Crippen molar-refractivity contribution in [2.24, 2.45) is 0 Å². The summed E-state index contributed by atoms with van der Waals surface area (Å²) in [4.78, 5) is 11.8. The first-order valence-electron chi connectivity index (χ1n) is 6.43. The molecule has 1 aliphatic carbocycles. The topological polar surface area (TPSA) is 61.4 Å². The Morgan fingerprint density at radius 1 is 1.31 bits per heavy atom. The molecule has 0 spiro atoms. The molecule has 92 valence electrons. The van der Waals surface area contributed by atoms with Gasteiger partial charge in [0.05, 0.1) is 11.6 Å². The number of carbonyl (C=O) groups excluding carboxylic acids is 1. The van der Waals surface area contributed by atoms with Crippen molar-refractivity contribution in [3.63, 3.8) is 0 Å². The molecule has 4 nitrogen and oxygen atoms in total. The predicted molar refractivity (Wildman–Crippen MR) is 62.1 cm³/mol. The SMILES string of the molecule is O=C(NCC1(O)CCCC1)[C@@H]1CCCCN1. The van der Waals surface area contributed by atoms with E-state index in [9.17, 15) is 9.90 Å². The Kier molecular flexibility index (Phi) is 3.82. The van der Waals surface area contributed by atoms with Crippen LogP contribution in [-0.2, 0) is 4.79 Å². The highest BCUT2D eigenvalue weighted by Gasteiger charge is 2.32. The van der Waals surface area contributed by atoms with Gasteiger partial charge in [-0.05, 0) is 32.2 Å². The van der Waals surface area contributed by atoms with E-state index in [1.165, 1.54) is 0 Å². The predicted octanol–water partition coefficient (Wildman–Crippen LogP) is 0.550. The highest BCUT2D eigenvalue weighted by atomic mass is 16.3. The van der Waals surface area contributed by atoms with E-state index in [1.807, 2.05) is 0 Å². The van der Waals surface area contributed by atoms with E-state index in [0.717, 1.165) is 51.5 Å². The Morgan fingerprint density at radius 3 is 2.69 bits per heavy atom. The number of piperidine rings is 1. The Morgan fingerprint density at radius 2 is 2.06 bits per heavy atom. The van der Waals surface area contributed by atoms with E-state index < -0.39 is 5.60 Å². The lowest BCUT2D eigenvalue weighted by Gasteiger charge is -2.26. The van der Waals surface area contributed by atoms with Gasteiger partial charge in [-0.25, -0.2) is 0 Å². The molecule has 1 aliphatic heterocycles. The van der Waals surface area contributed by atoms with Crippen LogP contribution in [0.25, 0.3) is 0 Å². The molecule has 1 saturated carbocycles. The van der Waals surface area contributed by atoms with Crippen molar-refractivity contribution in [2.45, 2.75) is 56.6 Å². The minimum Gasteiger partial charge on any atom is -0.388 e. The average Bonchev–Trinajstić information content (AvgIpc) is 2.75. The molecular weight excluding hydrogens is 204 g/mol. The first-order valence-corrected chi connectivity index (χ1v) is 6.43. The highest BCUT2D eigenvalue weighted by molar-refractivity contribution is 5.81. The zero-order valence-corrected chi connectivity index (χ0v) is 9.80. The van der Waals surface area contributed by atoms with Crippen molar-refractivity contribution in [3.05, 3.63) is 0 Å². The fraction of sp³-hybridized carbons (Fsp3) is 0.917. The highest BCUT2D eigenvalue weighted by Crippen LogP contribution is 2.28. The molecule has 1 heterocycles. The van der Waals surface area contributed by atoms with Gasteiger partial charge in [0.15, 0.2) is 0 Å². The molecule has 0 aromatic heterocycles. The molecular formula is C12H22N2O2. The summed E-state index contributed by atoms with van der Waals surface area (Å²) in [5, 5.41) is 16.2. The Balaban J connectivity index is 1.74. The van der Waals surface area contributed by atoms with Crippen LogP contribution in [-0.4, -0.2) is 35.7 Å². The summed E-state index contributed by atoms with van der Waals surface area (Å²) in [5.74, 6) is 0.0556. The second-order valence-electron chi connectivity index (χ2n) is 5.15. The minimum atomic E-state index is -0.635. The van der Waals surface area contributed by atoms with Crippen molar-refractivity contribution in [1.82, 2.24) is 10.6 Å². The Labute approximate surface area is 96.8 Å². The smallest absolute Gasteiger partial charge is 0.237 e. The third-order valence-electron chi connectivity index (χ3n) is 3.75. The van der Waals surface area contributed by atoms with Crippen LogP contribution in [0.15, 0.2) is 0 Å². The Hall–Kier alpha value is -0.610. The minimum absolute atomic E-state index is 0.0428. The van der Waals surface area contributed by atoms with E-state index in [4.69, 9.17) is 0 Å². The van der Waals surface area contributed by atoms with Gasteiger partial charge in [-0.3, -0.25) is 4.79 Å². The van der Waals surface area contributed by atoms with Gasteiger partial charge in [0.2, 0.25) is 5.91 Å². The molecule has 0 unspecified atom stereocenters. The zero-order chi connectivity index (χ0) is 11.4. The number of nitrogens with one attached hydrogen (secondary N) is 2. The van der Waals surface area contributed by atoms with Crippen LogP contribution >= 0.6 is 0 Å². The van der Waals surface area contributed by atoms with Gasteiger partial charge in [0.1, 0.15) is 0 Å². The summed E-state index contributed by atoms with van der Waals surface area (Å²) in [6.07, 6.45) is 7.01. The van der Waals surface area contributed by atoms with Gasteiger partial charge in [-0.1, -0.05) is 19.3 Å². The average molecular weight is 226 g/mol. The van der Waals surface area contributed by atoms with Gasteiger partial charge >= 0.3 is 0 Å². The maximum atomic E-state index is 11.8. The van der Waals surface area contributed by atoms with Crippen molar-refractivity contribution >= 4 is 5.91 Å². The summed E-state index contributed by atoms with van der Waals surface area (Å²) in [6.45, 7) is 1.35. The zero-order valence-electron chi connectivity index (χ0n) is 9.80. The first-order chi connectivity index (χ1) is 7.70. The first kappa shape index (κ1) is 11.9. The van der Waals surface area contributed by atoms with Crippen molar-refractivity contribution < 1.29 is 9.90 Å². The standard InChI is InChI=1S/C12H22N2O2/c15-11(10-5-1-4-8-13-10)14-9-12(16)6-2-3-7-12/h10,13,16H,1-9H2,(H,14,15)/t10-/m0/s1. The molecule has 3 N–H and O–H groups in total. The molecule has 0 aromatic rings. The molecule has 0 bridgehead atoms. The van der Waals surface area contributed by atoms with Crippen LogP contribution < -0.4 is 10.6 Å². The van der Waals surface area contributed by atoms with E-state index in [-0.39, 0.29) is 11.9 Å². The monoisotopic (exact) mass is 226 g/mol. The lowest BCUT2D eigenvalue weighted by Crippen LogP contribution is -2.50.